The molecule has 0 saturated heterocycles. The van der Waals surface area contributed by atoms with Gasteiger partial charge in [-0.05, 0) is 37.6 Å². The largest absolute Gasteiger partial charge is 0.330 e. The minimum absolute atomic E-state index is 0.856. The highest BCUT2D eigenvalue weighted by Crippen LogP contribution is 2.38. The van der Waals surface area contributed by atoms with Gasteiger partial charge in [0.2, 0.25) is 0 Å². The van der Waals surface area contributed by atoms with Gasteiger partial charge in [0.1, 0.15) is 0 Å². The molecule has 54 valence electrons. The lowest BCUT2D eigenvalue weighted by Crippen LogP contribution is -2.15. The molecule has 0 aliphatic heterocycles. The van der Waals surface area contributed by atoms with E-state index in [1.54, 1.807) is 0 Å². The van der Waals surface area contributed by atoms with Gasteiger partial charge in [-0.2, -0.15) is 0 Å². The van der Waals surface area contributed by atoms with Crippen LogP contribution in [0.4, 0.5) is 0 Å². The third-order valence-corrected chi connectivity index (χ3v) is 2.25. The molecule has 1 heteroatoms. The molecule has 9 heavy (non-hydrogen) atoms. The van der Waals surface area contributed by atoms with Gasteiger partial charge in [-0.15, -0.1) is 0 Å². The summed E-state index contributed by atoms with van der Waals surface area (Å²) < 4.78 is 0. The Morgan fingerprint density at radius 3 is 2.56 bits per heavy atom. The lowest BCUT2D eigenvalue weighted by atomic mass is 9.99. The molecule has 0 aromatic heterocycles. The summed E-state index contributed by atoms with van der Waals surface area (Å²) in [6, 6.07) is 0. The van der Waals surface area contributed by atoms with Crippen LogP contribution in [0.15, 0.2) is 0 Å². The summed E-state index contributed by atoms with van der Waals surface area (Å²) in [7, 11) is 0. The highest BCUT2D eigenvalue weighted by molar-refractivity contribution is 4.81. The maximum Gasteiger partial charge on any atom is -0.00462 e. The fraction of sp³-hybridized carbons (Fsp3) is 1.00. The van der Waals surface area contributed by atoms with E-state index in [0.29, 0.717) is 0 Å². The Kier molecular flexibility index (Phi) is 2.52. The van der Waals surface area contributed by atoms with Crippen LogP contribution in [0.25, 0.3) is 0 Å². The smallest absolute Gasteiger partial charge is 0.00462 e. The van der Waals surface area contributed by atoms with Gasteiger partial charge in [-0.3, -0.25) is 0 Å². The lowest BCUT2D eigenvalue weighted by molar-refractivity contribution is 0.434. The fourth-order valence-electron chi connectivity index (χ4n) is 1.48. The second-order valence-corrected chi connectivity index (χ2v) is 3.12. The number of hydrogen-bond donors (Lipinski definition) is 1. The van der Waals surface area contributed by atoms with Crippen molar-refractivity contribution in [2.45, 2.75) is 32.6 Å². The molecule has 1 rings (SSSR count). The Morgan fingerprint density at radius 1 is 1.56 bits per heavy atom. The van der Waals surface area contributed by atoms with Crippen molar-refractivity contribution >= 4 is 0 Å². The van der Waals surface area contributed by atoms with Crippen molar-refractivity contribution in [1.82, 2.24) is 0 Å². The fourth-order valence-corrected chi connectivity index (χ4v) is 1.48. The van der Waals surface area contributed by atoms with Gasteiger partial charge in [0.15, 0.2) is 0 Å². The molecule has 1 atom stereocenters. The Labute approximate surface area is 57.6 Å². The van der Waals surface area contributed by atoms with Crippen LogP contribution >= 0.6 is 0 Å². The molecule has 1 nitrogen and oxygen atoms in total. The predicted molar refractivity (Wildman–Crippen MR) is 40.2 cm³/mol. The van der Waals surface area contributed by atoms with Gasteiger partial charge >= 0.3 is 0 Å². The second kappa shape index (κ2) is 3.21. The van der Waals surface area contributed by atoms with Gasteiger partial charge in [-0.25, -0.2) is 0 Å². The van der Waals surface area contributed by atoms with Crippen molar-refractivity contribution in [3.8, 4) is 0 Å². The second-order valence-electron chi connectivity index (χ2n) is 3.12. The third-order valence-electron chi connectivity index (χ3n) is 2.25. The molecular weight excluding hydrogens is 110 g/mol. The van der Waals surface area contributed by atoms with Crippen molar-refractivity contribution in [2.24, 2.45) is 17.6 Å². The zero-order valence-electron chi connectivity index (χ0n) is 6.27. The minimum atomic E-state index is 0.856. The van der Waals surface area contributed by atoms with E-state index in [4.69, 9.17) is 5.73 Å². The number of nitrogens with two attached hydrogens (primary N) is 1. The minimum Gasteiger partial charge on any atom is -0.330 e. The molecule has 0 amide bonds. The first-order chi connectivity index (χ1) is 4.38. The summed E-state index contributed by atoms with van der Waals surface area (Å²) in [6.07, 6.45) is 5.54. The van der Waals surface area contributed by atoms with E-state index >= 15 is 0 Å². The summed E-state index contributed by atoms with van der Waals surface area (Å²) in [5.41, 5.74) is 5.60. The van der Waals surface area contributed by atoms with E-state index in [1.165, 1.54) is 25.7 Å². The van der Waals surface area contributed by atoms with Gasteiger partial charge in [0.25, 0.3) is 0 Å². The first-order valence-corrected chi connectivity index (χ1v) is 4.08. The van der Waals surface area contributed by atoms with Crippen LogP contribution in [0, 0.1) is 11.8 Å². The number of hydrogen-bond acceptors (Lipinski definition) is 1. The van der Waals surface area contributed by atoms with E-state index in [2.05, 4.69) is 6.92 Å². The van der Waals surface area contributed by atoms with Crippen molar-refractivity contribution < 1.29 is 0 Å². The number of rotatable bonds is 4. The van der Waals surface area contributed by atoms with Gasteiger partial charge < -0.3 is 5.73 Å². The van der Waals surface area contributed by atoms with Crippen molar-refractivity contribution in [3.05, 3.63) is 0 Å². The molecule has 1 fully saturated rings. The Balaban J connectivity index is 2.12. The third kappa shape index (κ3) is 1.98. The molecule has 0 aromatic rings. The van der Waals surface area contributed by atoms with Gasteiger partial charge in [0, 0.05) is 0 Å². The molecular formula is C8H17N. The Morgan fingerprint density at radius 2 is 2.22 bits per heavy atom. The Hall–Kier alpha value is -0.0400. The summed E-state index contributed by atoms with van der Waals surface area (Å²) in [6.45, 7) is 3.16. The van der Waals surface area contributed by atoms with Crippen LogP contribution in [0.3, 0.4) is 0 Å². The highest BCUT2D eigenvalue weighted by atomic mass is 14.6. The summed E-state index contributed by atoms with van der Waals surface area (Å²) in [4.78, 5) is 0. The Bertz CT molecular complexity index is 76.6. The molecule has 1 aliphatic carbocycles. The zero-order chi connectivity index (χ0) is 6.69. The van der Waals surface area contributed by atoms with Crippen molar-refractivity contribution in [1.29, 1.82) is 0 Å². The normalized spacial score (nSPS) is 22.0. The quantitative estimate of drug-likeness (QED) is 0.612. The van der Waals surface area contributed by atoms with Gasteiger partial charge in [-0.1, -0.05) is 13.3 Å². The molecule has 0 radical (unpaired) electrons. The maximum atomic E-state index is 5.60. The van der Waals surface area contributed by atoms with E-state index in [9.17, 15) is 0 Å². The van der Waals surface area contributed by atoms with Crippen LogP contribution in [0.1, 0.15) is 32.6 Å². The van der Waals surface area contributed by atoms with E-state index in [-0.39, 0.29) is 0 Å². The molecule has 0 heterocycles. The molecule has 0 bridgehead atoms. The SMILES string of the molecule is CCC[C@H](CN)C1CC1. The first-order valence-electron chi connectivity index (χ1n) is 4.08. The van der Waals surface area contributed by atoms with E-state index in [0.717, 1.165) is 18.4 Å². The summed E-state index contributed by atoms with van der Waals surface area (Å²) in [5, 5.41) is 0. The van der Waals surface area contributed by atoms with Crippen LogP contribution < -0.4 is 5.73 Å². The maximum absolute atomic E-state index is 5.60. The summed E-state index contributed by atoms with van der Waals surface area (Å²) >= 11 is 0. The molecule has 0 aromatic carbocycles. The van der Waals surface area contributed by atoms with Crippen molar-refractivity contribution in [3.63, 3.8) is 0 Å². The van der Waals surface area contributed by atoms with Crippen LogP contribution in [-0.4, -0.2) is 6.54 Å². The average molecular weight is 127 g/mol. The monoisotopic (exact) mass is 127 g/mol. The molecule has 0 unspecified atom stereocenters. The topological polar surface area (TPSA) is 26.0 Å². The predicted octanol–water partition coefficient (Wildman–Crippen LogP) is 1.77. The standard InChI is InChI=1S/C8H17N/c1-2-3-8(6-9)7-4-5-7/h7-8H,2-6,9H2,1H3/t8-/m1/s1. The average Bonchev–Trinajstić information content (AvgIpc) is 2.64. The van der Waals surface area contributed by atoms with E-state index in [1.807, 2.05) is 0 Å². The highest BCUT2D eigenvalue weighted by Gasteiger charge is 2.28. The molecule has 1 saturated carbocycles. The lowest BCUT2D eigenvalue weighted by Gasteiger charge is -2.10. The molecule has 0 spiro atoms. The molecule has 1 aliphatic rings. The van der Waals surface area contributed by atoms with Crippen molar-refractivity contribution in [2.75, 3.05) is 6.54 Å². The first kappa shape index (κ1) is 7.07. The van der Waals surface area contributed by atoms with Crippen LogP contribution in [-0.2, 0) is 0 Å². The zero-order valence-corrected chi connectivity index (χ0v) is 6.27. The molecule has 2 N–H and O–H groups in total. The van der Waals surface area contributed by atoms with Crippen LogP contribution in [0.2, 0.25) is 0 Å². The van der Waals surface area contributed by atoms with Crippen LogP contribution in [0.5, 0.6) is 0 Å². The summed E-state index contributed by atoms with van der Waals surface area (Å²) in [5.74, 6) is 1.87. The van der Waals surface area contributed by atoms with E-state index < -0.39 is 0 Å². The van der Waals surface area contributed by atoms with Gasteiger partial charge in [0.05, 0.1) is 0 Å².